The van der Waals surface area contributed by atoms with Crippen molar-refractivity contribution in [3.05, 3.63) is 60.2 Å². The summed E-state index contributed by atoms with van der Waals surface area (Å²) in [5.74, 6) is -0.199. The van der Waals surface area contributed by atoms with Crippen molar-refractivity contribution in [2.45, 2.75) is 6.54 Å². The van der Waals surface area contributed by atoms with Gasteiger partial charge in [-0.2, -0.15) is 0 Å². The largest absolute Gasteiger partial charge is 0.322 e. The van der Waals surface area contributed by atoms with Crippen molar-refractivity contribution in [1.29, 1.82) is 0 Å². The van der Waals surface area contributed by atoms with Crippen LogP contribution >= 0.6 is 0 Å². The predicted molar refractivity (Wildman–Crippen MR) is 53.9 cm³/mol. The summed E-state index contributed by atoms with van der Waals surface area (Å²) in [6, 6.07) is 10.4. The van der Waals surface area contributed by atoms with E-state index in [1.54, 1.807) is 12.1 Å². The zero-order valence-electron chi connectivity index (χ0n) is 7.65. The average Bonchev–Trinajstić information content (AvgIpc) is 2.70. The van der Waals surface area contributed by atoms with Crippen molar-refractivity contribution in [2.24, 2.45) is 0 Å². The molecule has 14 heavy (non-hydrogen) atoms. The molecule has 0 fully saturated rings. The average molecular weight is 190 g/mol. The fourth-order valence-corrected chi connectivity index (χ4v) is 1.22. The molecule has 0 aliphatic carbocycles. The normalized spacial score (nSPS) is 10.1. The van der Waals surface area contributed by atoms with Crippen molar-refractivity contribution in [3.8, 4) is 0 Å². The van der Waals surface area contributed by atoms with Crippen LogP contribution in [0.3, 0.4) is 0 Å². The number of hydrogen-bond donors (Lipinski definition) is 1. The van der Waals surface area contributed by atoms with Crippen molar-refractivity contribution in [2.75, 3.05) is 5.43 Å². The molecule has 0 aliphatic rings. The minimum absolute atomic E-state index is 0.199. The molecule has 1 heterocycles. The molecule has 2 rings (SSSR count). The van der Waals surface area contributed by atoms with Crippen molar-refractivity contribution in [1.82, 2.24) is 4.68 Å². The second-order valence-electron chi connectivity index (χ2n) is 3.05. The van der Waals surface area contributed by atoms with Crippen LogP contribution in [0.2, 0.25) is 0 Å². The van der Waals surface area contributed by atoms with Gasteiger partial charge in [-0.25, -0.2) is 4.39 Å². The first-order valence-corrected chi connectivity index (χ1v) is 4.46. The van der Waals surface area contributed by atoms with Gasteiger partial charge in [-0.15, -0.1) is 0 Å². The van der Waals surface area contributed by atoms with E-state index in [2.05, 4.69) is 5.43 Å². The first-order valence-electron chi connectivity index (χ1n) is 4.46. The fraction of sp³-hybridized carbons (Fsp3) is 0.0909. The van der Waals surface area contributed by atoms with Gasteiger partial charge in [-0.1, -0.05) is 12.1 Å². The second kappa shape index (κ2) is 3.96. The standard InChI is InChI=1S/C11H11FN2/c12-11-5-3-10(4-6-11)9-13-14-7-1-2-8-14/h1-8,13H,9H2. The maximum absolute atomic E-state index is 12.6. The highest BCUT2D eigenvalue weighted by atomic mass is 19.1. The highest BCUT2D eigenvalue weighted by Gasteiger charge is 1.92. The summed E-state index contributed by atoms with van der Waals surface area (Å²) in [5.41, 5.74) is 4.21. The van der Waals surface area contributed by atoms with Crippen LogP contribution in [0.25, 0.3) is 0 Å². The second-order valence-corrected chi connectivity index (χ2v) is 3.05. The maximum Gasteiger partial charge on any atom is 0.123 e. The number of nitrogens with one attached hydrogen (secondary N) is 1. The Balaban J connectivity index is 1.95. The van der Waals surface area contributed by atoms with E-state index in [4.69, 9.17) is 0 Å². The molecule has 0 unspecified atom stereocenters. The van der Waals surface area contributed by atoms with Crippen molar-refractivity contribution in [3.63, 3.8) is 0 Å². The molecule has 0 saturated carbocycles. The van der Waals surface area contributed by atoms with Gasteiger partial charge in [0.15, 0.2) is 0 Å². The van der Waals surface area contributed by atoms with Crippen molar-refractivity contribution < 1.29 is 4.39 Å². The monoisotopic (exact) mass is 190 g/mol. The Labute approximate surface area is 82.0 Å². The highest BCUT2D eigenvalue weighted by molar-refractivity contribution is 5.17. The Morgan fingerprint density at radius 1 is 1.07 bits per heavy atom. The van der Waals surface area contributed by atoms with E-state index in [1.165, 1.54) is 12.1 Å². The summed E-state index contributed by atoms with van der Waals surface area (Å²) >= 11 is 0. The van der Waals surface area contributed by atoms with Gasteiger partial charge in [0.2, 0.25) is 0 Å². The minimum atomic E-state index is -0.199. The van der Waals surface area contributed by atoms with Crippen molar-refractivity contribution >= 4 is 0 Å². The maximum atomic E-state index is 12.6. The third-order valence-corrected chi connectivity index (χ3v) is 1.98. The van der Waals surface area contributed by atoms with Crippen LogP contribution in [-0.4, -0.2) is 4.68 Å². The molecule has 0 amide bonds. The quantitative estimate of drug-likeness (QED) is 0.786. The molecule has 0 spiro atoms. The van der Waals surface area contributed by atoms with Crippen LogP contribution in [0.4, 0.5) is 4.39 Å². The number of benzene rings is 1. The number of aromatic nitrogens is 1. The molecule has 1 N–H and O–H groups in total. The molecule has 72 valence electrons. The summed E-state index contributed by atoms with van der Waals surface area (Å²) in [5, 5.41) is 0. The molecule has 2 aromatic rings. The van der Waals surface area contributed by atoms with Gasteiger partial charge in [0.1, 0.15) is 5.82 Å². The Morgan fingerprint density at radius 3 is 2.36 bits per heavy atom. The van der Waals surface area contributed by atoms with Gasteiger partial charge in [-0.05, 0) is 29.8 Å². The Hall–Kier alpha value is -1.77. The molecule has 0 bridgehead atoms. The summed E-state index contributed by atoms with van der Waals surface area (Å²) in [6.45, 7) is 0.689. The number of halogens is 1. The smallest absolute Gasteiger partial charge is 0.123 e. The molecule has 0 radical (unpaired) electrons. The van der Waals surface area contributed by atoms with Crippen LogP contribution in [0.1, 0.15) is 5.56 Å². The molecular formula is C11H11FN2. The summed E-state index contributed by atoms with van der Waals surface area (Å²) in [6.07, 6.45) is 3.84. The molecule has 0 aliphatic heterocycles. The topological polar surface area (TPSA) is 17.0 Å². The number of nitrogens with zero attached hydrogens (tertiary/aromatic N) is 1. The van der Waals surface area contributed by atoms with E-state index in [9.17, 15) is 4.39 Å². The van der Waals surface area contributed by atoms with E-state index in [1.807, 2.05) is 29.2 Å². The molecule has 3 heteroatoms. The zero-order valence-corrected chi connectivity index (χ0v) is 7.65. The first kappa shape index (κ1) is 8.81. The fourth-order valence-electron chi connectivity index (χ4n) is 1.22. The lowest BCUT2D eigenvalue weighted by Crippen LogP contribution is -2.11. The summed E-state index contributed by atoms with van der Waals surface area (Å²) in [7, 11) is 0. The van der Waals surface area contributed by atoms with Gasteiger partial charge >= 0.3 is 0 Å². The van der Waals surface area contributed by atoms with Gasteiger partial charge in [0, 0.05) is 12.4 Å². The third kappa shape index (κ3) is 2.13. The van der Waals surface area contributed by atoms with E-state index in [0.29, 0.717) is 6.54 Å². The molecule has 2 nitrogen and oxygen atoms in total. The third-order valence-electron chi connectivity index (χ3n) is 1.98. The Bertz CT molecular complexity index is 378. The lowest BCUT2D eigenvalue weighted by molar-refractivity contribution is 0.627. The SMILES string of the molecule is Fc1ccc(CNn2cccc2)cc1. The Morgan fingerprint density at radius 2 is 1.71 bits per heavy atom. The molecule has 1 aromatic carbocycles. The first-order chi connectivity index (χ1) is 6.84. The number of hydrogen-bond acceptors (Lipinski definition) is 1. The van der Waals surface area contributed by atoms with Crippen LogP contribution in [0.5, 0.6) is 0 Å². The van der Waals surface area contributed by atoms with Crippen LogP contribution in [-0.2, 0) is 6.54 Å². The molecule has 0 saturated heterocycles. The molecule has 0 atom stereocenters. The van der Waals surface area contributed by atoms with Gasteiger partial charge in [-0.3, -0.25) is 4.68 Å². The van der Waals surface area contributed by atoms with E-state index < -0.39 is 0 Å². The van der Waals surface area contributed by atoms with Gasteiger partial charge in [0.05, 0.1) is 6.54 Å². The van der Waals surface area contributed by atoms with E-state index in [-0.39, 0.29) is 5.82 Å². The number of rotatable bonds is 3. The lowest BCUT2D eigenvalue weighted by atomic mass is 10.2. The predicted octanol–water partition coefficient (Wildman–Crippen LogP) is 2.37. The summed E-state index contributed by atoms with van der Waals surface area (Å²) in [4.78, 5) is 0. The van der Waals surface area contributed by atoms with Gasteiger partial charge < -0.3 is 5.43 Å². The van der Waals surface area contributed by atoms with Crippen LogP contribution in [0.15, 0.2) is 48.8 Å². The highest BCUT2D eigenvalue weighted by Crippen LogP contribution is 2.02. The lowest BCUT2D eigenvalue weighted by Gasteiger charge is -2.06. The van der Waals surface area contributed by atoms with Gasteiger partial charge in [0.25, 0.3) is 0 Å². The summed E-state index contributed by atoms with van der Waals surface area (Å²) < 4.78 is 14.4. The van der Waals surface area contributed by atoms with E-state index >= 15 is 0 Å². The zero-order chi connectivity index (χ0) is 9.80. The minimum Gasteiger partial charge on any atom is -0.322 e. The molecule has 1 aromatic heterocycles. The van der Waals surface area contributed by atoms with E-state index in [0.717, 1.165) is 5.56 Å². The Kier molecular flexibility index (Phi) is 2.49. The molecular weight excluding hydrogens is 179 g/mol. The van der Waals surface area contributed by atoms with Crippen LogP contribution < -0.4 is 5.43 Å². The van der Waals surface area contributed by atoms with Crippen LogP contribution in [0, 0.1) is 5.82 Å².